The summed E-state index contributed by atoms with van der Waals surface area (Å²) in [5.74, 6) is 1.15. The molecular weight excluding hydrogens is 393 g/mol. The summed E-state index contributed by atoms with van der Waals surface area (Å²) >= 11 is 0. The number of hydrogen-bond donors (Lipinski definition) is 4. The number of nitrogens with one attached hydrogen (secondary N) is 2. The molecule has 0 spiro atoms. The number of rotatable bonds is 7. The zero-order chi connectivity index (χ0) is 21.8. The number of hydroxylamine groups is 1. The number of terminal acetylenes is 1. The van der Waals surface area contributed by atoms with E-state index in [1.807, 2.05) is 0 Å². The molecule has 158 valence electrons. The summed E-state index contributed by atoms with van der Waals surface area (Å²) < 4.78 is 16.0. The van der Waals surface area contributed by atoms with Crippen molar-refractivity contribution in [2.75, 3.05) is 18.5 Å². The van der Waals surface area contributed by atoms with Crippen molar-refractivity contribution in [2.45, 2.75) is 25.4 Å². The van der Waals surface area contributed by atoms with Gasteiger partial charge in [-0.15, -0.1) is 6.42 Å². The van der Waals surface area contributed by atoms with Crippen LogP contribution in [-0.2, 0) is 18.3 Å². The van der Waals surface area contributed by atoms with E-state index in [1.165, 1.54) is 16.7 Å². The van der Waals surface area contributed by atoms with E-state index in [1.54, 1.807) is 13.1 Å². The number of nitrogens with zero attached hydrogens (tertiary/aromatic N) is 1. The lowest BCUT2D eigenvalue weighted by Gasteiger charge is -2.15. The van der Waals surface area contributed by atoms with Crippen LogP contribution in [0, 0.1) is 18.2 Å². The fourth-order valence-corrected chi connectivity index (χ4v) is 3.43. The monoisotopic (exact) mass is 415 g/mol. The van der Waals surface area contributed by atoms with Gasteiger partial charge in [0.05, 0.1) is 30.2 Å². The van der Waals surface area contributed by atoms with Crippen molar-refractivity contribution in [3.05, 3.63) is 46.4 Å². The number of carbonyl (C=O) groups excluding carboxylic acids is 2. The molecule has 0 fully saturated rings. The van der Waals surface area contributed by atoms with Crippen LogP contribution in [0.1, 0.15) is 44.8 Å². The Labute approximate surface area is 172 Å². The molecule has 1 aromatic carbocycles. The number of fused-ring (bicyclic) bond motifs is 1. The minimum absolute atomic E-state index is 0.0814. The molecule has 1 aliphatic carbocycles. The molecule has 0 saturated carbocycles. The van der Waals surface area contributed by atoms with E-state index in [4.69, 9.17) is 21.5 Å². The standard InChI is InChI=1S/C21H22FN3O5/c1-3-12-7-8-16(15(22)9-12)23-20-18(21(29)24-30-13(10-26)11-27)14-5-4-6-17(28)19(14)25(20)2/h1,7-9,13,23,26-27H,4-6,10-11H2,2H3,(H,24,29). The van der Waals surface area contributed by atoms with Crippen molar-refractivity contribution in [3.63, 3.8) is 0 Å². The average Bonchev–Trinajstić information content (AvgIpc) is 3.02. The highest BCUT2D eigenvalue weighted by atomic mass is 19.1. The summed E-state index contributed by atoms with van der Waals surface area (Å²) in [5.41, 5.74) is 3.68. The van der Waals surface area contributed by atoms with Gasteiger partial charge >= 0.3 is 0 Å². The van der Waals surface area contributed by atoms with E-state index >= 15 is 0 Å². The number of halogens is 1. The number of Topliss-reactive ketones (excluding diaryl/α,β-unsaturated/α-hetero) is 1. The lowest BCUT2D eigenvalue weighted by molar-refractivity contribution is -0.0618. The zero-order valence-electron chi connectivity index (χ0n) is 16.4. The highest BCUT2D eigenvalue weighted by molar-refractivity contribution is 6.07. The largest absolute Gasteiger partial charge is 0.393 e. The number of hydrogen-bond acceptors (Lipinski definition) is 6. The van der Waals surface area contributed by atoms with Crippen LogP contribution >= 0.6 is 0 Å². The van der Waals surface area contributed by atoms with Gasteiger partial charge in [-0.05, 0) is 36.6 Å². The molecule has 0 unspecified atom stereocenters. The zero-order valence-corrected chi connectivity index (χ0v) is 16.4. The van der Waals surface area contributed by atoms with Crippen LogP contribution in [-0.4, -0.2) is 45.8 Å². The van der Waals surface area contributed by atoms with E-state index in [-0.39, 0.29) is 22.9 Å². The minimum atomic E-state index is -1.000. The molecule has 1 amide bonds. The number of carbonyl (C=O) groups is 2. The first kappa shape index (κ1) is 21.5. The van der Waals surface area contributed by atoms with E-state index in [0.29, 0.717) is 36.1 Å². The number of ketones is 1. The Morgan fingerprint density at radius 1 is 1.37 bits per heavy atom. The molecule has 8 nitrogen and oxygen atoms in total. The number of aliphatic hydroxyl groups is 2. The van der Waals surface area contributed by atoms with Crippen molar-refractivity contribution in [1.29, 1.82) is 0 Å². The summed E-state index contributed by atoms with van der Waals surface area (Å²) in [6.07, 6.45) is 5.71. The topological polar surface area (TPSA) is 113 Å². The Balaban J connectivity index is 2.02. The maximum Gasteiger partial charge on any atom is 0.278 e. The second kappa shape index (κ2) is 9.09. The lowest BCUT2D eigenvalue weighted by atomic mass is 9.93. The molecule has 0 bridgehead atoms. The number of anilines is 2. The fourth-order valence-electron chi connectivity index (χ4n) is 3.43. The van der Waals surface area contributed by atoms with Gasteiger partial charge in [0.15, 0.2) is 5.78 Å². The van der Waals surface area contributed by atoms with Crippen molar-refractivity contribution in [3.8, 4) is 12.3 Å². The summed E-state index contributed by atoms with van der Waals surface area (Å²) in [7, 11) is 1.61. The quantitative estimate of drug-likeness (QED) is 0.402. The van der Waals surface area contributed by atoms with Gasteiger partial charge in [-0.3, -0.25) is 14.4 Å². The maximum absolute atomic E-state index is 14.5. The number of aliphatic hydroxyl groups excluding tert-OH is 2. The molecule has 30 heavy (non-hydrogen) atoms. The maximum atomic E-state index is 14.5. The lowest BCUT2D eigenvalue weighted by Crippen LogP contribution is -2.34. The average molecular weight is 415 g/mol. The van der Waals surface area contributed by atoms with E-state index in [0.717, 1.165) is 0 Å². The van der Waals surface area contributed by atoms with E-state index < -0.39 is 31.0 Å². The molecule has 9 heteroatoms. The van der Waals surface area contributed by atoms with Gasteiger partial charge in [0, 0.05) is 19.0 Å². The Kier molecular flexibility index (Phi) is 6.52. The SMILES string of the molecule is C#Cc1ccc(Nc2c(C(=O)NOC(CO)CO)c3c(n2C)C(=O)CCC3)c(F)c1. The predicted octanol–water partition coefficient (Wildman–Crippen LogP) is 1.42. The molecule has 1 aromatic heterocycles. The third-order valence-electron chi connectivity index (χ3n) is 4.93. The number of benzene rings is 1. The molecule has 1 heterocycles. The second-order valence-corrected chi connectivity index (χ2v) is 6.89. The van der Waals surface area contributed by atoms with Gasteiger partial charge in [-0.25, -0.2) is 9.87 Å². The third kappa shape index (κ3) is 4.07. The van der Waals surface area contributed by atoms with Crippen molar-refractivity contribution in [1.82, 2.24) is 10.0 Å². The molecule has 4 N–H and O–H groups in total. The first-order valence-corrected chi connectivity index (χ1v) is 9.36. The van der Waals surface area contributed by atoms with Crippen LogP contribution in [0.4, 0.5) is 15.9 Å². The second-order valence-electron chi connectivity index (χ2n) is 6.89. The first-order chi connectivity index (χ1) is 14.4. The fraction of sp³-hybridized carbons (Fsp3) is 0.333. The molecular formula is C21H22FN3O5. The van der Waals surface area contributed by atoms with Gasteiger partial charge in [0.25, 0.3) is 5.91 Å². The minimum Gasteiger partial charge on any atom is -0.393 e. The first-order valence-electron chi connectivity index (χ1n) is 9.36. The predicted molar refractivity (Wildman–Crippen MR) is 107 cm³/mol. The van der Waals surface area contributed by atoms with Gasteiger partial charge in [0.1, 0.15) is 17.7 Å². The number of aromatic nitrogens is 1. The highest BCUT2D eigenvalue weighted by Gasteiger charge is 2.32. The van der Waals surface area contributed by atoms with Crippen LogP contribution in [0.25, 0.3) is 0 Å². The van der Waals surface area contributed by atoms with Crippen molar-refractivity contribution in [2.24, 2.45) is 7.05 Å². The van der Waals surface area contributed by atoms with Gasteiger partial charge in [-0.1, -0.05) is 5.92 Å². The molecule has 0 atom stereocenters. The number of amides is 1. The normalized spacial score (nSPS) is 13.1. The molecule has 3 rings (SSSR count). The molecule has 0 saturated heterocycles. The summed E-state index contributed by atoms with van der Waals surface area (Å²) in [5, 5.41) is 21.1. The van der Waals surface area contributed by atoms with Gasteiger partial charge in [-0.2, -0.15) is 0 Å². The van der Waals surface area contributed by atoms with Crippen LogP contribution in [0.2, 0.25) is 0 Å². The van der Waals surface area contributed by atoms with Crippen LogP contribution in [0.3, 0.4) is 0 Å². The Hall–Kier alpha value is -3.19. The Morgan fingerprint density at radius 3 is 2.73 bits per heavy atom. The van der Waals surface area contributed by atoms with Crippen LogP contribution in [0.15, 0.2) is 18.2 Å². The van der Waals surface area contributed by atoms with Crippen LogP contribution in [0.5, 0.6) is 0 Å². The van der Waals surface area contributed by atoms with Gasteiger partial charge in [0.2, 0.25) is 0 Å². The highest BCUT2D eigenvalue weighted by Crippen LogP contribution is 2.34. The third-order valence-corrected chi connectivity index (χ3v) is 4.93. The summed E-state index contributed by atoms with van der Waals surface area (Å²) in [4.78, 5) is 30.4. The molecule has 1 aliphatic rings. The summed E-state index contributed by atoms with van der Waals surface area (Å²) in [6, 6.07) is 4.19. The van der Waals surface area contributed by atoms with Crippen molar-refractivity contribution >= 4 is 23.2 Å². The smallest absolute Gasteiger partial charge is 0.278 e. The van der Waals surface area contributed by atoms with E-state index in [2.05, 4.69) is 16.7 Å². The van der Waals surface area contributed by atoms with Gasteiger partial charge < -0.3 is 20.1 Å². The molecule has 2 aromatic rings. The Bertz CT molecular complexity index is 1020. The summed E-state index contributed by atoms with van der Waals surface area (Å²) in [6.45, 7) is -1.000. The Morgan fingerprint density at radius 2 is 2.10 bits per heavy atom. The molecule has 0 aliphatic heterocycles. The van der Waals surface area contributed by atoms with Crippen LogP contribution < -0.4 is 10.8 Å². The van der Waals surface area contributed by atoms with E-state index in [9.17, 15) is 14.0 Å². The van der Waals surface area contributed by atoms with Crippen molar-refractivity contribution < 1.29 is 29.0 Å². The molecule has 0 radical (unpaired) electrons.